The monoisotopic (exact) mass is 292 g/mol. The molecule has 0 aromatic heterocycles. The van der Waals surface area contributed by atoms with Gasteiger partial charge in [-0.1, -0.05) is 57.0 Å². The van der Waals surface area contributed by atoms with Crippen LogP contribution in [-0.4, -0.2) is 13.1 Å². The van der Waals surface area contributed by atoms with E-state index in [1.807, 2.05) is 0 Å². The minimum Gasteiger partial charge on any atom is -0.371 e. The molecule has 3 rings (SSSR count). The van der Waals surface area contributed by atoms with Gasteiger partial charge in [-0.25, -0.2) is 0 Å². The molecule has 0 N–H and O–H groups in total. The van der Waals surface area contributed by atoms with Gasteiger partial charge in [0.15, 0.2) is 0 Å². The molecule has 0 aliphatic heterocycles. The first kappa shape index (κ1) is 15.1. The number of hydrogen-bond acceptors (Lipinski definition) is 1. The van der Waals surface area contributed by atoms with Crippen molar-refractivity contribution < 1.29 is 0 Å². The molecule has 0 unspecified atom stereocenters. The van der Waals surface area contributed by atoms with Crippen molar-refractivity contribution in [3.05, 3.63) is 53.6 Å². The standard InChI is InChI=1S/C21H26N/c1-3-5-13-22(14-6-4-2)19-11-12-21-18(16-19)15-17-9-7-8-10-20(17)21/h7-12H,3-6,13-15H2,1-2H3. The van der Waals surface area contributed by atoms with Crippen molar-refractivity contribution in [2.75, 3.05) is 18.0 Å². The summed E-state index contributed by atoms with van der Waals surface area (Å²) < 4.78 is 0. The van der Waals surface area contributed by atoms with Gasteiger partial charge >= 0.3 is 0 Å². The van der Waals surface area contributed by atoms with Crippen LogP contribution in [0.4, 0.5) is 5.69 Å². The third-order valence-corrected chi connectivity index (χ3v) is 4.59. The Kier molecular flexibility index (Phi) is 4.82. The van der Waals surface area contributed by atoms with Crippen molar-refractivity contribution in [1.82, 2.24) is 0 Å². The summed E-state index contributed by atoms with van der Waals surface area (Å²) in [6.07, 6.45) is 6.05. The smallest absolute Gasteiger partial charge is 0.0450 e. The number of rotatable bonds is 7. The molecule has 0 atom stereocenters. The lowest BCUT2D eigenvalue weighted by Gasteiger charge is -2.25. The Morgan fingerprint density at radius 1 is 0.909 bits per heavy atom. The Labute approximate surface area is 135 Å². The number of benzene rings is 2. The molecule has 1 aliphatic rings. The molecule has 2 aromatic carbocycles. The molecule has 115 valence electrons. The van der Waals surface area contributed by atoms with Crippen molar-refractivity contribution in [3.8, 4) is 11.1 Å². The zero-order valence-corrected chi connectivity index (χ0v) is 13.9. The molecule has 1 radical (unpaired) electrons. The maximum Gasteiger partial charge on any atom is 0.0450 e. The lowest BCUT2D eigenvalue weighted by molar-refractivity contribution is 0.677. The van der Waals surface area contributed by atoms with Gasteiger partial charge in [0.25, 0.3) is 0 Å². The van der Waals surface area contributed by atoms with Crippen LogP contribution in [-0.2, 0) is 6.42 Å². The average molecular weight is 292 g/mol. The third kappa shape index (κ3) is 3.04. The molecular weight excluding hydrogens is 266 g/mol. The van der Waals surface area contributed by atoms with Gasteiger partial charge in [0.2, 0.25) is 0 Å². The number of fused-ring (bicyclic) bond motifs is 3. The largest absolute Gasteiger partial charge is 0.371 e. The van der Waals surface area contributed by atoms with Gasteiger partial charge in [-0.2, -0.15) is 0 Å². The molecule has 22 heavy (non-hydrogen) atoms. The van der Waals surface area contributed by atoms with Crippen LogP contribution in [0.25, 0.3) is 11.1 Å². The lowest BCUT2D eigenvalue weighted by atomic mass is 10.0. The van der Waals surface area contributed by atoms with Gasteiger partial charge in [0.05, 0.1) is 0 Å². The third-order valence-electron chi connectivity index (χ3n) is 4.59. The van der Waals surface area contributed by atoms with Crippen molar-refractivity contribution in [2.45, 2.75) is 46.0 Å². The number of unbranched alkanes of at least 4 members (excludes halogenated alkanes) is 2. The zero-order chi connectivity index (χ0) is 15.4. The van der Waals surface area contributed by atoms with E-state index in [1.165, 1.54) is 53.6 Å². The van der Waals surface area contributed by atoms with Crippen molar-refractivity contribution >= 4 is 5.69 Å². The van der Waals surface area contributed by atoms with Crippen LogP contribution in [0.2, 0.25) is 0 Å². The quantitative estimate of drug-likeness (QED) is 0.558. The van der Waals surface area contributed by atoms with Crippen molar-refractivity contribution in [3.63, 3.8) is 0 Å². The Balaban J connectivity index is 1.85. The van der Waals surface area contributed by atoms with E-state index in [0.29, 0.717) is 0 Å². The summed E-state index contributed by atoms with van der Waals surface area (Å²) in [6, 6.07) is 17.0. The molecule has 0 bridgehead atoms. The van der Waals surface area contributed by atoms with E-state index < -0.39 is 0 Å². The summed E-state index contributed by atoms with van der Waals surface area (Å²) in [5, 5.41) is 0. The highest BCUT2D eigenvalue weighted by atomic mass is 15.1. The molecule has 0 fully saturated rings. The van der Waals surface area contributed by atoms with Crippen LogP contribution in [0, 0.1) is 6.07 Å². The molecule has 0 heterocycles. The topological polar surface area (TPSA) is 3.24 Å². The first-order valence-corrected chi connectivity index (χ1v) is 8.72. The first-order chi connectivity index (χ1) is 10.8. The summed E-state index contributed by atoms with van der Waals surface area (Å²) >= 11 is 0. The molecule has 1 nitrogen and oxygen atoms in total. The van der Waals surface area contributed by atoms with Crippen LogP contribution < -0.4 is 4.90 Å². The highest BCUT2D eigenvalue weighted by Crippen LogP contribution is 2.37. The molecule has 2 aromatic rings. The maximum atomic E-state index is 3.72. The summed E-state index contributed by atoms with van der Waals surface area (Å²) in [6.45, 7) is 6.83. The van der Waals surface area contributed by atoms with Gasteiger partial charge in [0.1, 0.15) is 0 Å². The van der Waals surface area contributed by atoms with E-state index in [0.717, 1.165) is 19.5 Å². The van der Waals surface area contributed by atoms with E-state index in [-0.39, 0.29) is 0 Å². The fourth-order valence-electron chi connectivity index (χ4n) is 3.28. The van der Waals surface area contributed by atoms with E-state index in [2.05, 4.69) is 61.2 Å². The normalized spacial score (nSPS) is 12.1. The fraction of sp³-hybridized carbons (Fsp3) is 0.429. The molecule has 0 saturated heterocycles. The number of anilines is 1. The van der Waals surface area contributed by atoms with E-state index >= 15 is 0 Å². The van der Waals surface area contributed by atoms with Gasteiger partial charge < -0.3 is 4.90 Å². The Bertz CT molecular complexity index is 622. The molecule has 0 amide bonds. The highest BCUT2D eigenvalue weighted by molar-refractivity contribution is 5.78. The van der Waals surface area contributed by atoms with Crippen LogP contribution >= 0.6 is 0 Å². The van der Waals surface area contributed by atoms with E-state index in [9.17, 15) is 0 Å². The maximum absolute atomic E-state index is 3.72. The minimum absolute atomic E-state index is 1.04. The number of hydrogen-bond donors (Lipinski definition) is 0. The molecule has 0 spiro atoms. The minimum atomic E-state index is 1.04. The summed E-state index contributed by atoms with van der Waals surface area (Å²) in [5.41, 5.74) is 6.88. The Morgan fingerprint density at radius 2 is 1.64 bits per heavy atom. The van der Waals surface area contributed by atoms with Gasteiger partial charge in [0, 0.05) is 24.8 Å². The second kappa shape index (κ2) is 7.00. The highest BCUT2D eigenvalue weighted by Gasteiger charge is 2.19. The van der Waals surface area contributed by atoms with Gasteiger partial charge in [-0.3, -0.25) is 0 Å². The van der Waals surface area contributed by atoms with Crippen molar-refractivity contribution in [2.24, 2.45) is 0 Å². The van der Waals surface area contributed by atoms with Crippen LogP contribution in [0.3, 0.4) is 0 Å². The fourth-order valence-corrected chi connectivity index (χ4v) is 3.28. The summed E-state index contributed by atoms with van der Waals surface area (Å²) in [5.74, 6) is 0. The first-order valence-electron chi connectivity index (χ1n) is 8.72. The number of nitrogens with zero attached hydrogens (tertiary/aromatic N) is 1. The predicted octanol–water partition coefficient (Wildman–Crippen LogP) is 5.46. The summed E-state index contributed by atoms with van der Waals surface area (Å²) in [4.78, 5) is 2.52. The lowest BCUT2D eigenvalue weighted by Crippen LogP contribution is -2.25. The molecule has 1 heteroatoms. The second-order valence-corrected chi connectivity index (χ2v) is 6.26. The molecule has 1 aliphatic carbocycles. The van der Waals surface area contributed by atoms with E-state index in [1.54, 1.807) is 0 Å². The summed E-state index contributed by atoms with van der Waals surface area (Å²) in [7, 11) is 0. The molecule has 0 saturated carbocycles. The predicted molar refractivity (Wildman–Crippen MR) is 95.5 cm³/mol. The molecular formula is C21H26N. The Hall–Kier alpha value is -1.76. The van der Waals surface area contributed by atoms with E-state index in [4.69, 9.17) is 0 Å². The second-order valence-electron chi connectivity index (χ2n) is 6.26. The van der Waals surface area contributed by atoms with Crippen LogP contribution in [0.1, 0.15) is 50.7 Å². The van der Waals surface area contributed by atoms with Crippen LogP contribution in [0.5, 0.6) is 0 Å². The van der Waals surface area contributed by atoms with Gasteiger partial charge in [-0.05, 0) is 47.6 Å². The average Bonchev–Trinajstić information content (AvgIpc) is 2.92. The Morgan fingerprint density at radius 3 is 2.36 bits per heavy atom. The van der Waals surface area contributed by atoms with Crippen LogP contribution in [0.15, 0.2) is 36.4 Å². The zero-order valence-electron chi connectivity index (χ0n) is 13.9. The van der Waals surface area contributed by atoms with Crippen molar-refractivity contribution in [1.29, 1.82) is 0 Å². The van der Waals surface area contributed by atoms with Gasteiger partial charge in [-0.15, -0.1) is 0 Å². The SMILES string of the molecule is CCCCN(CCCC)c1[c]c2c(cc1)-c1ccccc1C2.